The van der Waals surface area contributed by atoms with Gasteiger partial charge in [0.15, 0.2) is 0 Å². The highest BCUT2D eigenvalue weighted by Gasteiger charge is 2.24. The van der Waals surface area contributed by atoms with Crippen LogP contribution in [0.1, 0.15) is 37.8 Å². The molecule has 2 aliphatic rings. The second kappa shape index (κ2) is 7.99. The predicted molar refractivity (Wildman–Crippen MR) is 98.0 cm³/mol. The first kappa shape index (κ1) is 18.5. The monoisotopic (exact) mass is 390 g/mol. The van der Waals surface area contributed by atoms with Gasteiger partial charge < -0.3 is 10.2 Å². The van der Waals surface area contributed by atoms with Crippen molar-refractivity contribution in [3.63, 3.8) is 0 Å². The van der Waals surface area contributed by atoms with Gasteiger partial charge in [0.1, 0.15) is 12.0 Å². The molecule has 10 heteroatoms. The fourth-order valence-corrected chi connectivity index (χ4v) is 3.19. The molecule has 0 atom stereocenters. The summed E-state index contributed by atoms with van der Waals surface area (Å²) in [5.41, 5.74) is 0.815. The number of carbonyl (C=O) groups excluding carboxylic acids is 1. The highest BCUT2D eigenvalue weighted by Crippen LogP contribution is 2.25. The molecule has 1 aliphatic carbocycles. The lowest BCUT2D eigenvalue weighted by atomic mass is 9.94. The van der Waals surface area contributed by atoms with Gasteiger partial charge in [-0.05, 0) is 45.1 Å². The number of likely N-dealkylation sites (tertiary alicyclic amines) is 1. The number of halogens is 1. The van der Waals surface area contributed by atoms with E-state index in [1.165, 1.54) is 9.58 Å². The number of amides is 1. The van der Waals surface area contributed by atoms with Crippen LogP contribution in [0.25, 0.3) is 5.95 Å². The van der Waals surface area contributed by atoms with Crippen molar-refractivity contribution >= 4 is 11.9 Å². The Morgan fingerprint density at radius 3 is 2.68 bits per heavy atom. The third-order valence-electron chi connectivity index (χ3n) is 4.94. The third-order valence-corrected chi connectivity index (χ3v) is 4.94. The van der Waals surface area contributed by atoms with Crippen LogP contribution in [-0.2, 0) is 4.89 Å². The molecule has 9 nitrogen and oxygen atoms in total. The van der Waals surface area contributed by atoms with Gasteiger partial charge in [-0.1, -0.05) is 0 Å². The molecule has 4 rings (SSSR count). The van der Waals surface area contributed by atoms with Gasteiger partial charge >= 0.3 is 6.09 Å². The Hall–Kier alpha value is -2.91. The highest BCUT2D eigenvalue weighted by molar-refractivity contribution is 5.67. The summed E-state index contributed by atoms with van der Waals surface area (Å²) in [5, 5.41) is 7.61. The SMILES string of the molecule is Cc1ccn(-c2nc(NC3CCC(F)CC3)cc(OOC(=O)N3CCC3)n2)n1. The predicted octanol–water partition coefficient (Wildman–Crippen LogP) is 2.80. The van der Waals surface area contributed by atoms with Crippen molar-refractivity contribution in [2.45, 2.75) is 51.2 Å². The van der Waals surface area contributed by atoms with Crippen molar-refractivity contribution in [1.82, 2.24) is 24.6 Å². The Morgan fingerprint density at radius 1 is 1.25 bits per heavy atom. The van der Waals surface area contributed by atoms with Gasteiger partial charge in [0.05, 0.1) is 5.69 Å². The fraction of sp³-hybridized carbons (Fsp3) is 0.556. The lowest BCUT2D eigenvalue weighted by Gasteiger charge is -2.28. The zero-order valence-electron chi connectivity index (χ0n) is 15.7. The molecule has 2 fully saturated rings. The van der Waals surface area contributed by atoms with E-state index in [0.29, 0.717) is 31.7 Å². The molecular formula is C18H23FN6O3. The first-order valence-corrected chi connectivity index (χ1v) is 9.52. The zero-order valence-corrected chi connectivity index (χ0v) is 15.7. The van der Waals surface area contributed by atoms with Crippen LogP contribution in [0.15, 0.2) is 18.3 Å². The Kier molecular flexibility index (Phi) is 5.27. The minimum atomic E-state index is -0.731. The second-order valence-electron chi connectivity index (χ2n) is 7.16. The topological polar surface area (TPSA) is 94.4 Å². The highest BCUT2D eigenvalue weighted by atomic mass is 19.1. The molecule has 3 heterocycles. The van der Waals surface area contributed by atoms with Crippen LogP contribution in [0.5, 0.6) is 5.88 Å². The molecule has 0 aromatic carbocycles. The van der Waals surface area contributed by atoms with E-state index in [-0.39, 0.29) is 17.9 Å². The van der Waals surface area contributed by atoms with E-state index < -0.39 is 12.3 Å². The van der Waals surface area contributed by atoms with E-state index in [1.807, 2.05) is 13.0 Å². The van der Waals surface area contributed by atoms with Gasteiger partial charge in [0, 0.05) is 31.4 Å². The number of hydrogen-bond acceptors (Lipinski definition) is 7. The molecule has 1 saturated heterocycles. The first-order valence-electron chi connectivity index (χ1n) is 9.52. The molecule has 1 saturated carbocycles. The normalized spacial score (nSPS) is 21.7. The summed E-state index contributed by atoms with van der Waals surface area (Å²) in [7, 11) is 0. The number of aryl methyl sites for hydroxylation is 1. The van der Waals surface area contributed by atoms with Crippen molar-refractivity contribution < 1.29 is 19.0 Å². The van der Waals surface area contributed by atoms with Crippen LogP contribution in [0, 0.1) is 6.92 Å². The molecule has 1 amide bonds. The number of carbonyl (C=O) groups is 1. The summed E-state index contributed by atoms with van der Waals surface area (Å²) in [5.74, 6) is 0.886. The number of anilines is 1. The molecule has 2 aromatic heterocycles. The lowest BCUT2D eigenvalue weighted by molar-refractivity contribution is -0.160. The van der Waals surface area contributed by atoms with Crippen LogP contribution in [0.2, 0.25) is 0 Å². The van der Waals surface area contributed by atoms with E-state index in [4.69, 9.17) is 9.78 Å². The molecule has 0 radical (unpaired) electrons. The minimum absolute atomic E-state index is 0.0914. The number of hydrogen-bond donors (Lipinski definition) is 1. The summed E-state index contributed by atoms with van der Waals surface area (Å²) >= 11 is 0. The molecule has 2 aromatic rings. The standard InChI is InChI=1S/C18H23FN6O3/c1-12-7-10-25(23-12)17-21-15(20-14-5-3-13(19)4-6-14)11-16(22-17)27-28-18(26)24-8-2-9-24/h7,10-11,13-14H,2-6,8-9H2,1H3,(H,20,21,22). The summed E-state index contributed by atoms with van der Waals surface area (Å²) < 4.78 is 14.9. The average molecular weight is 390 g/mol. The van der Waals surface area contributed by atoms with Crippen molar-refractivity contribution in [3.8, 4) is 11.8 Å². The minimum Gasteiger partial charge on any atom is -0.367 e. The molecule has 1 N–H and O–H groups in total. The van der Waals surface area contributed by atoms with E-state index >= 15 is 0 Å². The third kappa shape index (κ3) is 4.32. The van der Waals surface area contributed by atoms with Crippen LogP contribution in [0.3, 0.4) is 0 Å². The quantitative estimate of drug-likeness (QED) is 0.620. The number of aromatic nitrogens is 4. The van der Waals surface area contributed by atoms with E-state index in [9.17, 15) is 9.18 Å². The number of nitrogens with one attached hydrogen (secondary N) is 1. The Labute approximate surface area is 161 Å². The Morgan fingerprint density at radius 2 is 2.04 bits per heavy atom. The van der Waals surface area contributed by atoms with Crippen molar-refractivity contribution in [1.29, 1.82) is 0 Å². The summed E-state index contributed by atoms with van der Waals surface area (Å²) in [6.07, 6.45) is 3.93. The van der Waals surface area contributed by atoms with E-state index in [0.717, 1.165) is 25.0 Å². The molecule has 0 spiro atoms. The van der Waals surface area contributed by atoms with Gasteiger partial charge in [0.2, 0.25) is 0 Å². The Balaban J connectivity index is 1.51. The maximum Gasteiger partial charge on any atom is 0.452 e. The van der Waals surface area contributed by atoms with E-state index in [2.05, 4.69) is 20.4 Å². The summed E-state index contributed by atoms with van der Waals surface area (Å²) in [4.78, 5) is 32.2. The number of nitrogens with zero attached hydrogens (tertiary/aromatic N) is 5. The van der Waals surface area contributed by atoms with Crippen LogP contribution in [-0.4, -0.2) is 56.0 Å². The molecule has 0 bridgehead atoms. The van der Waals surface area contributed by atoms with Crippen molar-refractivity contribution in [2.75, 3.05) is 18.4 Å². The lowest BCUT2D eigenvalue weighted by Crippen LogP contribution is -2.42. The van der Waals surface area contributed by atoms with Crippen LogP contribution < -0.4 is 10.2 Å². The second-order valence-corrected chi connectivity index (χ2v) is 7.16. The van der Waals surface area contributed by atoms with Gasteiger partial charge in [-0.2, -0.15) is 15.1 Å². The molecule has 0 unspecified atom stereocenters. The molecule has 28 heavy (non-hydrogen) atoms. The van der Waals surface area contributed by atoms with Gasteiger partial charge in [-0.3, -0.25) is 4.89 Å². The molecule has 150 valence electrons. The summed E-state index contributed by atoms with van der Waals surface area (Å²) in [6.45, 7) is 3.18. The number of rotatable bonds is 5. The molecular weight excluding hydrogens is 367 g/mol. The van der Waals surface area contributed by atoms with Crippen LogP contribution >= 0.6 is 0 Å². The summed E-state index contributed by atoms with van der Waals surface area (Å²) in [6, 6.07) is 3.51. The maximum absolute atomic E-state index is 13.4. The Bertz CT molecular complexity index is 832. The van der Waals surface area contributed by atoms with Gasteiger partial charge in [-0.15, -0.1) is 0 Å². The first-order chi connectivity index (χ1) is 13.6. The van der Waals surface area contributed by atoms with Gasteiger partial charge in [-0.25, -0.2) is 18.8 Å². The van der Waals surface area contributed by atoms with Crippen molar-refractivity contribution in [3.05, 3.63) is 24.0 Å². The van der Waals surface area contributed by atoms with Crippen molar-refractivity contribution in [2.24, 2.45) is 0 Å². The average Bonchev–Trinajstić information content (AvgIpc) is 3.07. The maximum atomic E-state index is 13.4. The largest absolute Gasteiger partial charge is 0.452 e. The van der Waals surface area contributed by atoms with E-state index in [1.54, 1.807) is 12.3 Å². The van der Waals surface area contributed by atoms with Gasteiger partial charge in [0.25, 0.3) is 11.8 Å². The van der Waals surface area contributed by atoms with Crippen LogP contribution in [0.4, 0.5) is 15.0 Å². The fourth-order valence-electron chi connectivity index (χ4n) is 3.19. The number of alkyl halides is 1. The smallest absolute Gasteiger partial charge is 0.367 e. The molecule has 1 aliphatic heterocycles. The zero-order chi connectivity index (χ0) is 19.5.